The number of anilines is 1. The topological polar surface area (TPSA) is 115 Å². The first kappa shape index (κ1) is 13.5. The van der Waals surface area contributed by atoms with Crippen LogP contribution in [0.15, 0.2) is 24.3 Å². The molecule has 0 radical (unpaired) electrons. The van der Waals surface area contributed by atoms with E-state index < -0.39 is 15.9 Å². The fourth-order valence-electron chi connectivity index (χ4n) is 1.25. The minimum Gasteiger partial charge on any atom is -0.398 e. The van der Waals surface area contributed by atoms with Crippen LogP contribution in [0.1, 0.15) is 12.0 Å². The summed E-state index contributed by atoms with van der Waals surface area (Å²) in [6.45, 7) is 0.00437. The predicted molar refractivity (Wildman–Crippen MR) is 65.3 cm³/mol. The number of carbonyl (C=O) groups is 1. The molecule has 0 spiro atoms. The number of nitrogens with one attached hydrogen (secondary N) is 1. The molecule has 17 heavy (non-hydrogen) atoms. The van der Waals surface area contributed by atoms with Crippen molar-refractivity contribution in [1.29, 1.82) is 0 Å². The molecule has 0 saturated heterocycles. The van der Waals surface area contributed by atoms with Crippen LogP contribution in [0.3, 0.4) is 0 Å². The largest absolute Gasteiger partial charge is 0.398 e. The lowest BCUT2D eigenvalue weighted by atomic mass is 10.2. The van der Waals surface area contributed by atoms with E-state index in [1.165, 1.54) is 0 Å². The Kier molecular flexibility index (Phi) is 4.47. The van der Waals surface area contributed by atoms with Crippen LogP contribution in [0.2, 0.25) is 0 Å². The zero-order chi connectivity index (χ0) is 12.9. The summed E-state index contributed by atoms with van der Waals surface area (Å²) in [6.07, 6.45) is -0.0243. The lowest BCUT2D eigenvalue weighted by molar-refractivity contribution is -0.117. The first-order chi connectivity index (χ1) is 7.91. The summed E-state index contributed by atoms with van der Waals surface area (Å²) in [5.74, 6) is -0.759. The summed E-state index contributed by atoms with van der Waals surface area (Å²) < 4.78 is 25.5. The number of hydrogen-bond donors (Lipinski definition) is 3. The van der Waals surface area contributed by atoms with Crippen molar-refractivity contribution in [2.45, 2.75) is 12.2 Å². The number of amides is 1. The summed E-state index contributed by atoms with van der Waals surface area (Å²) in [5, 5.41) is 0. The monoisotopic (exact) mass is 257 g/mol. The average molecular weight is 257 g/mol. The Bertz CT molecular complexity index is 499. The lowest BCUT2D eigenvalue weighted by Crippen LogP contribution is -2.29. The van der Waals surface area contributed by atoms with Crippen molar-refractivity contribution in [3.8, 4) is 0 Å². The van der Waals surface area contributed by atoms with Gasteiger partial charge in [0.05, 0.1) is 5.75 Å². The van der Waals surface area contributed by atoms with Gasteiger partial charge in [-0.25, -0.2) is 13.1 Å². The molecule has 0 fully saturated rings. The van der Waals surface area contributed by atoms with E-state index in [0.29, 0.717) is 11.3 Å². The standard InChI is InChI=1S/C10H15N3O3S/c11-9-4-2-1-3-8(9)7-17(15,16)13-6-5-10(12)14/h1-4,13H,5-7,11H2,(H2,12,14). The second kappa shape index (κ2) is 5.65. The second-order valence-corrected chi connectivity index (χ2v) is 5.38. The van der Waals surface area contributed by atoms with E-state index >= 15 is 0 Å². The molecule has 0 atom stereocenters. The first-order valence-corrected chi connectivity index (χ1v) is 6.65. The highest BCUT2D eigenvalue weighted by atomic mass is 32.2. The Morgan fingerprint density at radius 2 is 1.94 bits per heavy atom. The molecule has 1 aromatic rings. The highest BCUT2D eigenvalue weighted by molar-refractivity contribution is 7.88. The number of benzene rings is 1. The minimum absolute atomic E-state index is 0.00437. The Morgan fingerprint density at radius 3 is 2.53 bits per heavy atom. The highest BCUT2D eigenvalue weighted by Gasteiger charge is 2.12. The molecule has 0 aliphatic rings. The van der Waals surface area contributed by atoms with Gasteiger partial charge in [-0.3, -0.25) is 4.79 Å². The molecule has 6 nitrogen and oxygen atoms in total. The molecule has 0 unspecified atom stereocenters. The molecule has 5 N–H and O–H groups in total. The average Bonchev–Trinajstić information content (AvgIpc) is 2.20. The van der Waals surface area contributed by atoms with Gasteiger partial charge < -0.3 is 11.5 Å². The molecule has 7 heteroatoms. The van der Waals surface area contributed by atoms with Gasteiger partial charge in [-0.05, 0) is 11.6 Å². The zero-order valence-electron chi connectivity index (χ0n) is 9.22. The van der Waals surface area contributed by atoms with Crippen LogP contribution in [-0.4, -0.2) is 20.9 Å². The molecule has 0 aliphatic heterocycles. The van der Waals surface area contributed by atoms with Crippen molar-refractivity contribution >= 4 is 21.6 Å². The van der Waals surface area contributed by atoms with Crippen LogP contribution in [0.5, 0.6) is 0 Å². The van der Waals surface area contributed by atoms with E-state index in [0.717, 1.165) is 0 Å². The van der Waals surface area contributed by atoms with E-state index in [-0.39, 0.29) is 18.7 Å². The van der Waals surface area contributed by atoms with Gasteiger partial charge in [0.1, 0.15) is 0 Å². The lowest BCUT2D eigenvalue weighted by Gasteiger charge is -2.07. The molecule has 1 rings (SSSR count). The van der Waals surface area contributed by atoms with Crippen LogP contribution >= 0.6 is 0 Å². The molecule has 0 heterocycles. The van der Waals surface area contributed by atoms with E-state index in [2.05, 4.69) is 4.72 Å². The molecular weight excluding hydrogens is 242 g/mol. The maximum atomic E-state index is 11.6. The third-order valence-electron chi connectivity index (χ3n) is 2.09. The maximum absolute atomic E-state index is 11.6. The van der Waals surface area contributed by atoms with Gasteiger partial charge in [0.25, 0.3) is 0 Å². The van der Waals surface area contributed by atoms with E-state index in [1.807, 2.05) is 0 Å². The van der Waals surface area contributed by atoms with Crippen LogP contribution in [-0.2, 0) is 20.6 Å². The van der Waals surface area contributed by atoms with Gasteiger partial charge in [0, 0.05) is 18.7 Å². The van der Waals surface area contributed by atoms with Gasteiger partial charge in [0.2, 0.25) is 15.9 Å². The minimum atomic E-state index is -3.49. The molecule has 94 valence electrons. The van der Waals surface area contributed by atoms with Gasteiger partial charge in [0.15, 0.2) is 0 Å². The van der Waals surface area contributed by atoms with Crippen molar-refractivity contribution in [1.82, 2.24) is 4.72 Å². The quantitative estimate of drug-likeness (QED) is 0.599. The SMILES string of the molecule is NC(=O)CCNS(=O)(=O)Cc1ccccc1N. The third-order valence-corrected chi connectivity index (χ3v) is 3.43. The molecular formula is C10H15N3O3S. The summed E-state index contributed by atoms with van der Waals surface area (Å²) >= 11 is 0. The normalized spacial score (nSPS) is 11.3. The second-order valence-electron chi connectivity index (χ2n) is 3.57. The van der Waals surface area contributed by atoms with E-state index in [1.54, 1.807) is 24.3 Å². The number of nitrogen functional groups attached to an aromatic ring is 1. The van der Waals surface area contributed by atoms with Crippen LogP contribution < -0.4 is 16.2 Å². The van der Waals surface area contributed by atoms with Gasteiger partial charge in [-0.15, -0.1) is 0 Å². The molecule has 0 aliphatic carbocycles. The molecule has 1 aromatic carbocycles. The zero-order valence-corrected chi connectivity index (χ0v) is 10.0. The van der Waals surface area contributed by atoms with Crippen molar-refractivity contribution in [3.63, 3.8) is 0 Å². The summed E-state index contributed by atoms with van der Waals surface area (Å²) in [7, 11) is -3.49. The Morgan fingerprint density at radius 1 is 1.29 bits per heavy atom. The predicted octanol–water partition coefficient (Wildman–Crippen LogP) is -0.436. The molecule has 0 saturated carbocycles. The number of hydrogen-bond acceptors (Lipinski definition) is 4. The molecule has 0 aromatic heterocycles. The van der Waals surface area contributed by atoms with E-state index in [9.17, 15) is 13.2 Å². The Balaban J connectivity index is 2.61. The summed E-state index contributed by atoms with van der Waals surface area (Å²) in [5.41, 5.74) is 11.5. The maximum Gasteiger partial charge on any atom is 0.218 e. The Hall–Kier alpha value is -1.60. The number of nitrogens with two attached hydrogens (primary N) is 2. The van der Waals surface area contributed by atoms with Crippen LogP contribution in [0, 0.1) is 0 Å². The number of rotatable bonds is 6. The van der Waals surface area contributed by atoms with Crippen molar-refractivity contribution in [3.05, 3.63) is 29.8 Å². The highest BCUT2D eigenvalue weighted by Crippen LogP contribution is 2.13. The number of para-hydroxylation sites is 1. The van der Waals surface area contributed by atoms with Gasteiger partial charge in [-0.1, -0.05) is 18.2 Å². The van der Waals surface area contributed by atoms with Crippen LogP contribution in [0.4, 0.5) is 5.69 Å². The first-order valence-electron chi connectivity index (χ1n) is 5.00. The van der Waals surface area contributed by atoms with Gasteiger partial charge in [-0.2, -0.15) is 0 Å². The van der Waals surface area contributed by atoms with Gasteiger partial charge >= 0.3 is 0 Å². The van der Waals surface area contributed by atoms with E-state index in [4.69, 9.17) is 11.5 Å². The van der Waals surface area contributed by atoms with Crippen molar-refractivity contribution < 1.29 is 13.2 Å². The van der Waals surface area contributed by atoms with Crippen molar-refractivity contribution in [2.75, 3.05) is 12.3 Å². The molecule has 1 amide bonds. The molecule has 0 bridgehead atoms. The van der Waals surface area contributed by atoms with Crippen molar-refractivity contribution in [2.24, 2.45) is 5.73 Å². The van der Waals surface area contributed by atoms with Crippen LogP contribution in [0.25, 0.3) is 0 Å². The fraction of sp³-hybridized carbons (Fsp3) is 0.300. The Labute approximate surface area is 100 Å². The number of primary amides is 1. The third kappa shape index (κ3) is 4.83. The number of sulfonamides is 1. The summed E-state index contributed by atoms with van der Waals surface area (Å²) in [6, 6.07) is 6.72. The number of carbonyl (C=O) groups excluding carboxylic acids is 1. The fourth-order valence-corrected chi connectivity index (χ4v) is 2.44. The smallest absolute Gasteiger partial charge is 0.218 e. The summed E-state index contributed by atoms with van der Waals surface area (Å²) in [4.78, 5) is 10.5.